The van der Waals surface area contributed by atoms with Gasteiger partial charge in [-0.05, 0) is 39.9 Å². The Morgan fingerprint density at radius 3 is 2.53 bits per heavy atom. The van der Waals surface area contributed by atoms with Crippen molar-refractivity contribution >= 4 is 17.7 Å². The molecule has 0 heterocycles. The van der Waals surface area contributed by atoms with Crippen LogP contribution in [0.4, 0.5) is 0 Å². The van der Waals surface area contributed by atoms with Gasteiger partial charge in [-0.1, -0.05) is 17.2 Å². The zero-order valence-electron chi connectivity index (χ0n) is 10.0. The van der Waals surface area contributed by atoms with Gasteiger partial charge in [0, 0.05) is 6.08 Å². The largest absolute Gasteiger partial charge is 0.451 e. The van der Waals surface area contributed by atoms with Crippen LogP contribution in [0.2, 0.25) is 0 Å². The molecule has 0 rings (SSSR count). The lowest BCUT2D eigenvalue weighted by atomic mass is 10.1. The van der Waals surface area contributed by atoms with Gasteiger partial charge in [-0.15, -0.1) is 11.8 Å². The van der Waals surface area contributed by atoms with Gasteiger partial charge < -0.3 is 4.74 Å². The molecule has 0 bridgehead atoms. The van der Waals surface area contributed by atoms with Crippen molar-refractivity contribution in [2.75, 3.05) is 12.2 Å². The predicted molar refractivity (Wildman–Crippen MR) is 66.9 cm³/mol. The fourth-order valence-corrected chi connectivity index (χ4v) is 1.25. The van der Waals surface area contributed by atoms with Gasteiger partial charge in [0.2, 0.25) is 0 Å². The number of hydrogen-bond donors (Lipinski definition) is 0. The fraction of sp³-hybridized carbons (Fsp3) is 0.583. The zero-order chi connectivity index (χ0) is 11.7. The molecule has 0 N–H and O–H groups in total. The van der Waals surface area contributed by atoms with Gasteiger partial charge in [-0.25, -0.2) is 4.79 Å². The summed E-state index contributed by atoms with van der Waals surface area (Å²) >= 11 is 1.50. The Labute approximate surface area is 96.8 Å². The summed E-state index contributed by atoms with van der Waals surface area (Å²) in [6.07, 6.45) is 7.55. The summed E-state index contributed by atoms with van der Waals surface area (Å²) in [7, 11) is 0. The maximum absolute atomic E-state index is 11.2. The van der Waals surface area contributed by atoms with Crippen LogP contribution < -0.4 is 0 Å². The highest BCUT2D eigenvalue weighted by molar-refractivity contribution is 7.98. The molecule has 2 nitrogen and oxygen atoms in total. The van der Waals surface area contributed by atoms with Crippen LogP contribution in [0.25, 0.3) is 0 Å². The molecule has 0 unspecified atom stereocenters. The van der Waals surface area contributed by atoms with E-state index in [4.69, 9.17) is 4.74 Å². The van der Waals surface area contributed by atoms with Crippen LogP contribution in [-0.2, 0) is 9.53 Å². The Morgan fingerprint density at radius 2 is 2.00 bits per heavy atom. The van der Waals surface area contributed by atoms with E-state index in [0.717, 1.165) is 18.4 Å². The van der Waals surface area contributed by atoms with Crippen LogP contribution >= 0.6 is 11.8 Å². The molecule has 0 aromatic rings. The smallest absolute Gasteiger partial charge is 0.331 e. The van der Waals surface area contributed by atoms with Gasteiger partial charge in [0.15, 0.2) is 0 Å². The van der Waals surface area contributed by atoms with Crippen LogP contribution in [0.3, 0.4) is 0 Å². The quantitative estimate of drug-likeness (QED) is 0.301. The molecule has 0 saturated heterocycles. The van der Waals surface area contributed by atoms with E-state index in [-0.39, 0.29) is 5.97 Å². The topological polar surface area (TPSA) is 26.3 Å². The van der Waals surface area contributed by atoms with Crippen LogP contribution in [0, 0.1) is 0 Å². The maximum Gasteiger partial charge on any atom is 0.331 e. The predicted octanol–water partition coefficient (Wildman–Crippen LogP) is 3.54. The molecular formula is C12H20O2S. The third kappa shape index (κ3) is 9.60. The first kappa shape index (κ1) is 14.3. The first-order chi connectivity index (χ1) is 7.06. The summed E-state index contributed by atoms with van der Waals surface area (Å²) in [6, 6.07) is 0. The van der Waals surface area contributed by atoms with E-state index in [0.29, 0.717) is 5.94 Å². The van der Waals surface area contributed by atoms with Gasteiger partial charge in [-0.2, -0.15) is 0 Å². The van der Waals surface area contributed by atoms with Gasteiger partial charge in [0.1, 0.15) is 5.94 Å². The van der Waals surface area contributed by atoms with E-state index in [1.54, 1.807) is 6.08 Å². The molecule has 0 atom stereocenters. The van der Waals surface area contributed by atoms with Crippen molar-refractivity contribution in [3.63, 3.8) is 0 Å². The van der Waals surface area contributed by atoms with E-state index in [9.17, 15) is 4.79 Å². The van der Waals surface area contributed by atoms with Crippen molar-refractivity contribution in [3.8, 4) is 0 Å². The van der Waals surface area contributed by atoms with Crippen molar-refractivity contribution < 1.29 is 9.53 Å². The average molecular weight is 228 g/mol. The highest BCUT2D eigenvalue weighted by Gasteiger charge is 1.98. The third-order valence-electron chi connectivity index (χ3n) is 1.77. The lowest BCUT2D eigenvalue weighted by molar-refractivity contribution is -0.135. The molecule has 0 aliphatic heterocycles. The minimum Gasteiger partial charge on any atom is -0.451 e. The molecule has 0 amide bonds. The molecule has 15 heavy (non-hydrogen) atoms. The SMILES string of the molecule is CSCOC(=O)C=C(C)CCC=C(C)C. The highest BCUT2D eigenvalue weighted by atomic mass is 32.2. The van der Waals surface area contributed by atoms with E-state index in [2.05, 4.69) is 19.9 Å². The van der Waals surface area contributed by atoms with Crippen molar-refractivity contribution in [1.29, 1.82) is 0 Å². The van der Waals surface area contributed by atoms with Crippen molar-refractivity contribution in [1.82, 2.24) is 0 Å². The standard InChI is InChI=1S/C12H20O2S/c1-10(2)6-5-7-11(3)8-12(13)14-9-15-4/h6,8H,5,7,9H2,1-4H3. The van der Waals surface area contributed by atoms with E-state index >= 15 is 0 Å². The molecule has 0 aliphatic rings. The van der Waals surface area contributed by atoms with Crippen molar-refractivity contribution in [2.24, 2.45) is 0 Å². The van der Waals surface area contributed by atoms with Gasteiger partial charge in [0.25, 0.3) is 0 Å². The van der Waals surface area contributed by atoms with E-state index in [1.807, 2.05) is 13.2 Å². The molecular weight excluding hydrogens is 208 g/mol. The lowest BCUT2D eigenvalue weighted by Crippen LogP contribution is -2.00. The Balaban J connectivity index is 3.87. The van der Waals surface area contributed by atoms with E-state index in [1.165, 1.54) is 17.3 Å². The third-order valence-corrected chi connectivity index (χ3v) is 2.13. The average Bonchev–Trinajstić information content (AvgIpc) is 2.14. The van der Waals surface area contributed by atoms with Gasteiger partial charge in [-0.3, -0.25) is 0 Å². The Morgan fingerprint density at radius 1 is 1.33 bits per heavy atom. The normalized spacial score (nSPS) is 11.1. The van der Waals surface area contributed by atoms with Crippen LogP contribution in [0.1, 0.15) is 33.6 Å². The number of thioether (sulfide) groups is 1. The molecule has 0 spiro atoms. The first-order valence-corrected chi connectivity index (χ1v) is 6.42. The highest BCUT2D eigenvalue weighted by Crippen LogP contribution is 2.07. The Bertz CT molecular complexity index is 250. The molecule has 0 aromatic heterocycles. The van der Waals surface area contributed by atoms with Crippen molar-refractivity contribution in [2.45, 2.75) is 33.6 Å². The summed E-state index contributed by atoms with van der Waals surface area (Å²) in [5.74, 6) is 0.190. The van der Waals surface area contributed by atoms with Crippen LogP contribution in [-0.4, -0.2) is 18.2 Å². The Hall–Kier alpha value is -0.700. The summed E-state index contributed by atoms with van der Waals surface area (Å²) in [4.78, 5) is 11.2. The number of carbonyl (C=O) groups is 1. The monoisotopic (exact) mass is 228 g/mol. The summed E-state index contributed by atoms with van der Waals surface area (Å²) in [5.41, 5.74) is 2.38. The number of carbonyl (C=O) groups excluding carboxylic acids is 1. The molecule has 0 saturated carbocycles. The second kappa shape index (κ2) is 8.60. The molecule has 0 fully saturated rings. The van der Waals surface area contributed by atoms with Gasteiger partial charge >= 0.3 is 5.97 Å². The maximum atomic E-state index is 11.2. The molecule has 0 aliphatic carbocycles. The molecule has 3 heteroatoms. The summed E-state index contributed by atoms with van der Waals surface area (Å²) < 4.78 is 4.92. The van der Waals surface area contributed by atoms with Crippen LogP contribution in [0.15, 0.2) is 23.3 Å². The minimum absolute atomic E-state index is 0.237. The number of ether oxygens (including phenoxy) is 1. The Kier molecular flexibility index (Phi) is 8.19. The number of allylic oxidation sites excluding steroid dienone is 3. The fourth-order valence-electron chi connectivity index (χ4n) is 1.02. The number of esters is 1. The van der Waals surface area contributed by atoms with Gasteiger partial charge in [0.05, 0.1) is 0 Å². The van der Waals surface area contributed by atoms with Crippen molar-refractivity contribution in [3.05, 3.63) is 23.3 Å². The molecule has 0 aromatic carbocycles. The molecule has 86 valence electrons. The minimum atomic E-state index is -0.237. The second-order valence-corrected chi connectivity index (χ2v) is 4.49. The summed E-state index contributed by atoms with van der Waals surface area (Å²) in [6.45, 7) is 6.11. The van der Waals surface area contributed by atoms with Crippen LogP contribution in [0.5, 0.6) is 0 Å². The van der Waals surface area contributed by atoms with E-state index < -0.39 is 0 Å². The number of rotatable bonds is 6. The zero-order valence-corrected chi connectivity index (χ0v) is 10.8. The second-order valence-electron chi connectivity index (χ2n) is 3.68. The molecule has 0 radical (unpaired) electrons. The number of hydrogen-bond acceptors (Lipinski definition) is 3. The summed E-state index contributed by atoms with van der Waals surface area (Å²) in [5, 5.41) is 0. The lowest BCUT2D eigenvalue weighted by Gasteiger charge is -2.00. The first-order valence-electron chi connectivity index (χ1n) is 5.02.